The molecule has 8 nitrogen and oxygen atoms in total. The first-order valence-electron chi connectivity index (χ1n) is 12.4. The van der Waals surface area contributed by atoms with Gasteiger partial charge in [-0.1, -0.05) is 0 Å². The number of alkyl halides is 6. The first kappa shape index (κ1) is 28.2. The Morgan fingerprint density at radius 2 is 1.48 bits per heavy atom. The van der Waals surface area contributed by atoms with Crippen LogP contribution in [0.15, 0.2) is 42.6 Å². The maximum Gasteiger partial charge on any atom is 0.419 e. The van der Waals surface area contributed by atoms with E-state index in [9.17, 15) is 35.4 Å². The first-order valence-corrected chi connectivity index (χ1v) is 14.3. The van der Waals surface area contributed by atoms with Crippen molar-refractivity contribution < 1.29 is 35.4 Å². The van der Waals surface area contributed by atoms with Gasteiger partial charge in [0.1, 0.15) is 11.6 Å². The number of anilines is 4. The van der Waals surface area contributed by atoms with E-state index in [0.29, 0.717) is 28.7 Å². The summed E-state index contributed by atoms with van der Waals surface area (Å²) in [5, 5.41) is 3.07. The van der Waals surface area contributed by atoms with Crippen LogP contribution in [0.4, 0.5) is 49.6 Å². The van der Waals surface area contributed by atoms with Crippen molar-refractivity contribution in [2.24, 2.45) is 0 Å². The summed E-state index contributed by atoms with van der Waals surface area (Å²) >= 11 is 0. The molecule has 15 heteroatoms. The lowest BCUT2D eigenvalue weighted by Crippen LogP contribution is -2.39. The zero-order chi connectivity index (χ0) is 28.7. The van der Waals surface area contributed by atoms with Gasteiger partial charge in [0.05, 0.1) is 28.3 Å². The molecule has 0 bridgehead atoms. The molecule has 1 saturated heterocycles. The average molecular weight is 589 g/mol. The monoisotopic (exact) mass is 588 g/mol. The van der Waals surface area contributed by atoms with Gasteiger partial charge >= 0.3 is 12.4 Å². The molecule has 1 aromatic carbocycles. The molecule has 1 fully saturated rings. The SMILES string of the molecule is OS1(O)CCN(c2nc3c(c(Nc4ccc(C(F)(F)F)cc4)n2)CCN(c2ncccc2C(F)(F)F)CC3)CC1. The lowest BCUT2D eigenvalue weighted by atomic mass is 10.1. The molecule has 2 aliphatic heterocycles. The standard InChI is InChI=1S/C25H26F6N6O2S/c26-24(27,28)16-3-5-17(6-4-16)33-21-18-7-10-36(22-19(25(29,30)31)2-1-9-32-22)11-8-20(18)34-23(35-21)37-12-14-40(38,39)15-13-37/h1-6,9,38-39H,7-8,10-15H2,(H,33,34,35). The van der Waals surface area contributed by atoms with Gasteiger partial charge in [0.15, 0.2) is 0 Å². The van der Waals surface area contributed by atoms with Crippen LogP contribution < -0.4 is 15.1 Å². The lowest BCUT2D eigenvalue weighted by Gasteiger charge is -2.41. The van der Waals surface area contributed by atoms with Crippen molar-refractivity contribution in [1.82, 2.24) is 15.0 Å². The van der Waals surface area contributed by atoms with Gasteiger partial charge < -0.3 is 15.1 Å². The molecule has 0 spiro atoms. The van der Waals surface area contributed by atoms with E-state index in [1.807, 2.05) is 0 Å². The third-order valence-corrected chi connectivity index (χ3v) is 8.53. The average Bonchev–Trinajstić information content (AvgIpc) is 3.11. The van der Waals surface area contributed by atoms with Gasteiger partial charge in [-0.2, -0.15) is 41.9 Å². The van der Waals surface area contributed by atoms with Gasteiger partial charge in [0.25, 0.3) is 0 Å². The van der Waals surface area contributed by atoms with Crippen molar-refractivity contribution in [1.29, 1.82) is 0 Å². The second-order valence-corrected chi connectivity index (χ2v) is 12.0. The minimum Gasteiger partial charge on any atom is -0.355 e. The van der Waals surface area contributed by atoms with Crippen molar-refractivity contribution >= 4 is 33.9 Å². The second-order valence-electron chi connectivity index (χ2n) is 9.55. The number of nitrogens with zero attached hydrogens (tertiary/aromatic N) is 5. The first-order chi connectivity index (χ1) is 18.8. The van der Waals surface area contributed by atoms with Crippen LogP contribution in [0.25, 0.3) is 0 Å². The van der Waals surface area contributed by atoms with E-state index in [2.05, 4.69) is 15.3 Å². The zero-order valence-corrected chi connectivity index (χ0v) is 21.8. The van der Waals surface area contributed by atoms with E-state index in [4.69, 9.17) is 4.98 Å². The minimum atomic E-state index is -4.59. The van der Waals surface area contributed by atoms with Gasteiger partial charge in [-0.25, -0.2) is 9.97 Å². The molecule has 5 rings (SSSR count). The Balaban J connectivity index is 1.48. The molecule has 0 saturated carbocycles. The highest BCUT2D eigenvalue weighted by molar-refractivity contribution is 8.24. The molecule has 4 heterocycles. The molecule has 3 N–H and O–H groups in total. The van der Waals surface area contributed by atoms with E-state index in [1.165, 1.54) is 24.4 Å². The number of aromatic nitrogens is 3. The number of fused-ring (bicyclic) bond motifs is 1. The molecular formula is C25H26F6N6O2S. The van der Waals surface area contributed by atoms with Crippen LogP contribution >= 0.6 is 10.6 Å². The van der Waals surface area contributed by atoms with Crippen LogP contribution in [0.1, 0.15) is 22.4 Å². The van der Waals surface area contributed by atoms with Crippen LogP contribution in [0.3, 0.4) is 0 Å². The number of nitrogens with one attached hydrogen (secondary N) is 1. The molecule has 0 aliphatic carbocycles. The minimum absolute atomic E-state index is 0.142. The van der Waals surface area contributed by atoms with Crippen molar-refractivity contribution in [3.63, 3.8) is 0 Å². The normalized spacial score (nSPS) is 18.6. The summed E-state index contributed by atoms with van der Waals surface area (Å²) in [6.07, 6.45) is -7.25. The van der Waals surface area contributed by atoms with Crippen molar-refractivity contribution in [2.75, 3.05) is 52.8 Å². The zero-order valence-electron chi connectivity index (χ0n) is 21.0. The fraction of sp³-hybridized carbons (Fsp3) is 0.400. The number of rotatable bonds is 4. The van der Waals surface area contributed by atoms with Crippen LogP contribution in [0, 0.1) is 0 Å². The van der Waals surface area contributed by atoms with Crippen LogP contribution in [-0.2, 0) is 25.2 Å². The molecule has 0 amide bonds. The topological polar surface area (TPSA) is 97.6 Å². The lowest BCUT2D eigenvalue weighted by molar-refractivity contribution is -0.138. The molecule has 2 aliphatic rings. The van der Waals surface area contributed by atoms with Gasteiger partial charge in [0, 0.05) is 50.0 Å². The Hall–Kier alpha value is -3.30. The third kappa shape index (κ3) is 6.20. The predicted molar refractivity (Wildman–Crippen MR) is 140 cm³/mol. The molecule has 40 heavy (non-hydrogen) atoms. The Labute approximate surface area is 227 Å². The number of benzene rings is 1. The summed E-state index contributed by atoms with van der Waals surface area (Å²) < 4.78 is 100. The Kier molecular flexibility index (Phi) is 7.48. The Morgan fingerprint density at radius 3 is 2.12 bits per heavy atom. The molecule has 0 atom stereocenters. The van der Waals surface area contributed by atoms with Crippen LogP contribution in [0.5, 0.6) is 0 Å². The molecule has 216 valence electrons. The highest BCUT2D eigenvalue weighted by atomic mass is 32.3. The van der Waals surface area contributed by atoms with Crippen LogP contribution in [-0.4, -0.2) is 61.7 Å². The number of hydrogen-bond acceptors (Lipinski definition) is 8. The molecule has 0 unspecified atom stereocenters. The van der Waals surface area contributed by atoms with Crippen molar-refractivity contribution in [2.45, 2.75) is 25.2 Å². The van der Waals surface area contributed by atoms with Crippen molar-refractivity contribution in [3.05, 3.63) is 65.0 Å². The summed E-state index contributed by atoms with van der Waals surface area (Å²) in [4.78, 5) is 16.7. The maximum atomic E-state index is 13.7. The number of pyridine rings is 1. The van der Waals surface area contributed by atoms with Gasteiger partial charge in [-0.3, -0.25) is 9.11 Å². The largest absolute Gasteiger partial charge is 0.419 e. The fourth-order valence-electron chi connectivity index (χ4n) is 4.72. The number of hydrogen-bond donors (Lipinski definition) is 3. The summed E-state index contributed by atoms with van der Waals surface area (Å²) in [6, 6.07) is 6.66. The van der Waals surface area contributed by atoms with E-state index >= 15 is 0 Å². The summed E-state index contributed by atoms with van der Waals surface area (Å²) in [6.45, 7) is 0.956. The van der Waals surface area contributed by atoms with Gasteiger partial charge in [-0.15, -0.1) is 0 Å². The summed E-state index contributed by atoms with van der Waals surface area (Å²) in [7, 11) is -2.69. The predicted octanol–water partition coefficient (Wildman–Crippen LogP) is 5.83. The van der Waals surface area contributed by atoms with Crippen LogP contribution in [0.2, 0.25) is 0 Å². The summed E-state index contributed by atoms with van der Waals surface area (Å²) in [5.74, 6) is 0.724. The highest BCUT2D eigenvalue weighted by Crippen LogP contribution is 2.41. The Bertz CT molecular complexity index is 1360. The molecular weight excluding hydrogens is 562 g/mol. The van der Waals surface area contributed by atoms with Gasteiger partial charge in [-0.05, 0) is 42.8 Å². The smallest absolute Gasteiger partial charge is 0.355 e. The van der Waals surface area contributed by atoms with Crippen molar-refractivity contribution in [3.8, 4) is 0 Å². The Morgan fingerprint density at radius 1 is 0.800 bits per heavy atom. The van der Waals surface area contributed by atoms with E-state index in [1.54, 1.807) is 9.80 Å². The van der Waals surface area contributed by atoms with E-state index < -0.39 is 34.1 Å². The van der Waals surface area contributed by atoms with Gasteiger partial charge in [0.2, 0.25) is 5.95 Å². The number of halogens is 6. The maximum absolute atomic E-state index is 13.7. The molecule has 2 aromatic heterocycles. The second kappa shape index (κ2) is 10.6. The quantitative estimate of drug-likeness (QED) is 0.328. The fourth-order valence-corrected chi connectivity index (χ4v) is 5.95. The highest BCUT2D eigenvalue weighted by Gasteiger charge is 2.36. The van der Waals surface area contributed by atoms with E-state index in [0.717, 1.165) is 18.2 Å². The third-order valence-electron chi connectivity index (χ3n) is 6.86. The molecule has 0 radical (unpaired) electrons. The summed E-state index contributed by atoms with van der Waals surface area (Å²) in [5.41, 5.74) is -0.0828. The molecule has 3 aromatic rings. The van der Waals surface area contributed by atoms with E-state index in [-0.39, 0.29) is 56.3 Å².